The number of rotatable bonds is 0. The van der Waals surface area contributed by atoms with Crippen LogP contribution in [0.15, 0.2) is 0 Å². The first-order valence-corrected chi connectivity index (χ1v) is 3.12. The fraction of sp³-hybridized carbons (Fsp3) is 0. The maximum absolute atomic E-state index is 8.88. The molecule has 0 atom stereocenters. The maximum Gasteiger partial charge on any atom is 2.00 e. The third kappa shape index (κ3) is 243. The second-order valence-electron chi connectivity index (χ2n) is 0.860. The van der Waals surface area contributed by atoms with Gasteiger partial charge < -0.3 is 35.5 Å². The minimum Gasteiger partial charge on any atom is -1.00 e. The molecule has 0 aromatic carbocycles. The summed E-state index contributed by atoms with van der Waals surface area (Å²) in [5.41, 5.74) is 0. The average molecular weight is 366 g/mol. The van der Waals surface area contributed by atoms with Crippen molar-refractivity contribution in [3.8, 4) is 0 Å². The van der Waals surface area contributed by atoms with E-state index in [1.165, 1.54) is 0 Å². The minimum atomic E-state index is -4.64. The fourth-order valence-electron chi connectivity index (χ4n) is 0. The second kappa shape index (κ2) is 20.7. The molecule has 0 rings (SSSR count). The molecule has 0 saturated carbocycles. The molecular formula is H13AgAlBCaMgO7P. The second-order valence-corrected chi connectivity index (χ2v) is 1.89. The van der Waals surface area contributed by atoms with Crippen molar-refractivity contribution in [2.24, 2.45) is 0 Å². The van der Waals surface area contributed by atoms with Crippen molar-refractivity contribution in [1.82, 2.24) is 0 Å². The summed E-state index contributed by atoms with van der Waals surface area (Å²) in [6.07, 6.45) is 0. The van der Waals surface area contributed by atoms with Crippen LogP contribution in [-0.2, 0) is 26.9 Å². The first-order chi connectivity index (χ1) is 3.73. The Balaban J connectivity index is -0.00000000494. The van der Waals surface area contributed by atoms with Crippen LogP contribution in [0.1, 0.15) is 5.71 Å². The van der Waals surface area contributed by atoms with Gasteiger partial charge in [0, 0.05) is 22.4 Å². The molecule has 7 nitrogen and oxygen atoms in total. The van der Waals surface area contributed by atoms with E-state index in [2.05, 4.69) is 0 Å². The number of hydrogen-bond acceptors (Lipinski definition) is 4. The van der Waals surface area contributed by atoms with Crippen LogP contribution in [0, 0.1) is 0 Å². The molecule has 13 heavy (non-hydrogen) atoms. The predicted octanol–water partition coefficient (Wildman–Crippen LogP) is -4.48. The standard InChI is InChI=1S/Ag.Al.BH3O3.Ca.Mg.H3O4P.7H/c;;2-1(3)4;;;1-5(2,3)4;;;;;;;/h;;2-4H;;;(H3,1,2,3,4);;;;;;;/q;;;2*+2;;;;;4*-1. The van der Waals surface area contributed by atoms with Crippen molar-refractivity contribution in [2.45, 2.75) is 0 Å². The van der Waals surface area contributed by atoms with E-state index in [1.54, 1.807) is 0 Å². The largest absolute Gasteiger partial charge is 2.00 e. The van der Waals surface area contributed by atoms with Crippen LogP contribution in [0.5, 0.6) is 0 Å². The van der Waals surface area contributed by atoms with Crippen molar-refractivity contribution in [1.29, 1.82) is 0 Å². The molecule has 0 heterocycles. The van der Waals surface area contributed by atoms with Gasteiger partial charge in [0.1, 0.15) is 0 Å². The van der Waals surface area contributed by atoms with Crippen LogP contribution in [0.2, 0.25) is 0 Å². The van der Waals surface area contributed by atoms with E-state index in [9.17, 15) is 0 Å². The van der Waals surface area contributed by atoms with Crippen LogP contribution in [0.3, 0.4) is 0 Å². The van der Waals surface area contributed by atoms with Gasteiger partial charge in [-0.3, -0.25) is 0 Å². The number of hydrogen-bond donors (Lipinski definition) is 6. The quantitative estimate of drug-likeness (QED) is 0.188. The first-order valence-electron chi connectivity index (χ1n) is 1.56. The molecule has 0 saturated heterocycles. The third-order valence-electron chi connectivity index (χ3n) is 0. The smallest absolute Gasteiger partial charge is 1.00 e. The predicted molar refractivity (Wildman–Crippen MR) is 52.6 cm³/mol. The summed E-state index contributed by atoms with van der Waals surface area (Å²) in [5.74, 6) is 0. The van der Waals surface area contributed by atoms with E-state index in [4.69, 9.17) is 34.3 Å². The van der Waals surface area contributed by atoms with E-state index < -0.39 is 15.1 Å². The van der Waals surface area contributed by atoms with E-state index in [1.807, 2.05) is 0 Å². The molecule has 0 aromatic heterocycles. The Morgan fingerprint density at radius 3 is 1.08 bits per heavy atom. The molecular weight excluding hydrogens is 353 g/mol. The molecule has 0 aromatic rings. The zero-order chi connectivity index (χ0) is 8.08. The van der Waals surface area contributed by atoms with E-state index in [-0.39, 0.29) is 106 Å². The van der Waals surface area contributed by atoms with Gasteiger partial charge >= 0.3 is 75.9 Å². The van der Waals surface area contributed by atoms with Crippen LogP contribution in [0.25, 0.3) is 0 Å². The minimum absolute atomic E-state index is 0. The molecule has 6 N–H and O–H groups in total. The van der Waals surface area contributed by atoms with E-state index >= 15 is 0 Å². The van der Waals surface area contributed by atoms with Gasteiger partial charge in [-0.25, -0.2) is 4.57 Å². The summed E-state index contributed by atoms with van der Waals surface area (Å²) in [6.45, 7) is 0. The van der Waals surface area contributed by atoms with Gasteiger partial charge in [-0.2, -0.15) is 0 Å². The Hall–Kier alpha value is 3.35. The Kier molecular flexibility index (Phi) is 57.3. The van der Waals surface area contributed by atoms with Gasteiger partial charge in [0.05, 0.1) is 0 Å². The Morgan fingerprint density at radius 2 is 1.08 bits per heavy atom. The Morgan fingerprint density at radius 1 is 1.08 bits per heavy atom. The Labute approximate surface area is 153 Å². The summed E-state index contributed by atoms with van der Waals surface area (Å²) in [7, 11) is -6.81. The fourth-order valence-corrected chi connectivity index (χ4v) is 0. The molecule has 0 aliphatic rings. The molecule has 13 heteroatoms. The van der Waals surface area contributed by atoms with Crippen LogP contribution in [-0.4, -0.2) is 115 Å². The van der Waals surface area contributed by atoms with Crippen LogP contribution in [0.4, 0.5) is 0 Å². The molecule has 0 aliphatic heterocycles. The summed E-state index contributed by atoms with van der Waals surface area (Å²) in [6, 6.07) is 0. The first kappa shape index (κ1) is 36.0. The molecule has 0 aliphatic carbocycles. The molecule has 1 radical (unpaired) electrons. The SMILES string of the molecule is O=P(O)(O)O.OB(O)O.[Ag].[AlH3].[Ca+2].[H-].[H-].[H-].[H-].[Mg+2]. The summed E-state index contributed by atoms with van der Waals surface area (Å²) in [4.78, 5) is 21.6. The zero-order valence-corrected chi connectivity index (χ0v) is 11.8. The van der Waals surface area contributed by atoms with Gasteiger partial charge in [0.2, 0.25) is 0 Å². The van der Waals surface area contributed by atoms with E-state index in [0.717, 1.165) is 0 Å². The molecule has 0 unspecified atom stereocenters. The molecule has 0 fully saturated rings. The van der Waals surface area contributed by atoms with Crippen LogP contribution < -0.4 is 0 Å². The van der Waals surface area contributed by atoms with Gasteiger partial charge in [0.15, 0.2) is 17.4 Å². The molecule has 0 spiro atoms. The monoisotopic (exact) mass is 365 g/mol. The van der Waals surface area contributed by atoms with Crippen molar-refractivity contribution >= 4 is 93.3 Å². The van der Waals surface area contributed by atoms with Gasteiger partial charge in [0.25, 0.3) is 0 Å². The maximum atomic E-state index is 8.88. The van der Waals surface area contributed by atoms with Crippen molar-refractivity contribution in [2.75, 3.05) is 0 Å². The zero-order valence-electron chi connectivity index (χ0n) is 9.83. The normalized spacial score (nSPS) is 6.62. The molecule has 81 valence electrons. The van der Waals surface area contributed by atoms with Gasteiger partial charge in [-0.15, -0.1) is 0 Å². The van der Waals surface area contributed by atoms with Crippen molar-refractivity contribution < 1.29 is 62.4 Å². The number of phosphoric acid groups is 1. The molecule has 0 bridgehead atoms. The van der Waals surface area contributed by atoms with E-state index in [0.29, 0.717) is 0 Å². The Bertz CT molecular complexity index is 113. The summed E-state index contributed by atoms with van der Waals surface area (Å²) in [5, 5.41) is 21.5. The van der Waals surface area contributed by atoms with Crippen molar-refractivity contribution in [3.63, 3.8) is 0 Å². The van der Waals surface area contributed by atoms with Gasteiger partial charge in [-0.05, 0) is 0 Å². The third-order valence-corrected chi connectivity index (χ3v) is 0. The average Bonchev–Trinajstić information content (AvgIpc) is 1.19. The topological polar surface area (TPSA) is 138 Å². The van der Waals surface area contributed by atoms with Crippen molar-refractivity contribution in [3.05, 3.63) is 0 Å². The van der Waals surface area contributed by atoms with Crippen LogP contribution >= 0.6 is 7.82 Å². The summed E-state index contributed by atoms with van der Waals surface area (Å²) < 4.78 is 8.88. The summed E-state index contributed by atoms with van der Waals surface area (Å²) >= 11 is 0. The molecule has 0 amide bonds. The van der Waals surface area contributed by atoms with Gasteiger partial charge in [-0.1, -0.05) is 0 Å².